The Bertz CT molecular complexity index is 449. The Morgan fingerprint density at radius 1 is 1.37 bits per heavy atom. The Balaban J connectivity index is 2.59. The van der Waals surface area contributed by atoms with Gasteiger partial charge in [0.25, 0.3) is 0 Å². The zero-order valence-corrected chi connectivity index (χ0v) is 12.0. The summed E-state index contributed by atoms with van der Waals surface area (Å²) < 4.78 is 29.5. The Kier molecular flexibility index (Phi) is 5.72. The number of esters is 1. The second kappa shape index (κ2) is 6.84. The van der Waals surface area contributed by atoms with E-state index in [9.17, 15) is 13.2 Å². The van der Waals surface area contributed by atoms with Crippen LogP contribution in [0.4, 0.5) is 0 Å². The molecule has 0 saturated carbocycles. The number of carbonyl (C=O) groups excluding carboxylic acids is 1. The monoisotopic (exact) mass is 289 g/mol. The minimum atomic E-state index is -3.61. The molecule has 7 nitrogen and oxygen atoms in total. The average molecular weight is 289 g/mol. The highest BCUT2D eigenvalue weighted by atomic mass is 32.2. The van der Waals surface area contributed by atoms with Crippen molar-refractivity contribution < 1.29 is 17.9 Å². The van der Waals surface area contributed by atoms with Crippen LogP contribution in [0.15, 0.2) is 0 Å². The van der Waals surface area contributed by atoms with Gasteiger partial charge in [-0.3, -0.25) is 9.69 Å². The molecule has 108 valence electrons. The van der Waals surface area contributed by atoms with Crippen LogP contribution in [0.25, 0.3) is 0 Å². The fourth-order valence-electron chi connectivity index (χ4n) is 2.02. The second-order valence-electron chi connectivity index (χ2n) is 4.32. The number of rotatable bonds is 5. The zero-order valence-electron chi connectivity index (χ0n) is 11.2. The van der Waals surface area contributed by atoms with Gasteiger partial charge in [-0.15, -0.1) is 0 Å². The number of methoxy groups -OCH3 is 1. The molecule has 1 aliphatic rings. The van der Waals surface area contributed by atoms with Gasteiger partial charge in [0, 0.05) is 26.2 Å². The van der Waals surface area contributed by atoms with E-state index < -0.39 is 21.7 Å². The largest absolute Gasteiger partial charge is 0.468 e. The summed E-state index contributed by atoms with van der Waals surface area (Å²) in [6.07, 6.45) is 0.714. The van der Waals surface area contributed by atoms with E-state index in [1.807, 2.05) is 11.8 Å². The number of piperazine rings is 1. The maximum Gasteiger partial charge on any atom is 0.322 e. The molecule has 0 amide bonds. The van der Waals surface area contributed by atoms with Crippen molar-refractivity contribution in [2.45, 2.75) is 19.4 Å². The van der Waals surface area contributed by atoms with Crippen LogP contribution in [0.3, 0.4) is 0 Å². The number of nitriles is 1. The fourth-order valence-corrected chi connectivity index (χ4v) is 3.34. The molecule has 0 bridgehead atoms. The third-order valence-electron chi connectivity index (χ3n) is 3.17. The number of ether oxygens (including phenoxy) is 1. The first-order valence-electron chi connectivity index (χ1n) is 6.13. The number of hydrogen-bond acceptors (Lipinski definition) is 6. The SMILES string of the molecule is CCC(C#N)N1CCN(S(=O)(=O)CC(=O)OC)CC1. The molecule has 1 unspecified atom stereocenters. The molecule has 0 aromatic carbocycles. The zero-order chi connectivity index (χ0) is 14.5. The summed E-state index contributed by atoms with van der Waals surface area (Å²) in [4.78, 5) is 13.0. The van der Waals surface area contributed by atoms with Crippen molar-refractivity contribution in [2.75, 3.05) is 39.0 Å². The first kappa shape index (κ1) is 15.9. The molecule has 19 heavy (non-hydrogen) atoms. The summed E-state index contributed by atoms with van der Waals surface area (Å²) in [5, 5.41) is 8.97. The topological polar surface area (TPSA) is 90.7 Å². The lowest BCUT2D eigenvalue weighted by molar-refractivity contribution is -0.137. The van der Waals surface area contributed by atoms with Gasteiger partial charge in [0.1, 0.15) is 0 Å². The molecular weight excluding hydrogens is 270 g/mol. The average Bonchev–Trinajstić information content (AvgIpc) is 2.40. The van der Waals surface area contributed by atoms with E-state index in [2.05, 4.69) is 10.8 Å². The highest BCUT2D eigenvalue weighted by molar-refractivity contribution is 7.89. The van der Waals surface area contributed by atoms with Crippen molar-refractivity contribution in [3.8, 4) is 6.07 Å². The Morgan fingerprint density at radius 2 is 1.95 bits per heavy atom. The van der Waals surface area contributed by atoms with Gasteiger partial charge >= 0.3 is 5.97 Å². The molecule has 1 heterocycles. The fraction of sp³-hybridized carbons (Fsp3) is 0.818. The summed E-state index contributed by atoms with van der Waals surface area (Å²) in [5.41, 5.74) is 0. The van der Waals surface area contributed by atoms with E-state index in [-0.39, 0.29) is 6.04 Å². The Hall–Kier alpha value is -1.17. The van der Waals surface area contributed by atoms with Crippen LogP contribution in [-0.4, -0.2) is 68.7 Å². The van der Waals surface area contributed by atoms with Crippen molar-refractivity contribution >= 4 is 16.0 Å². The minimum Gasteiger partial charge on any atom is -0.468 e. The van der Waals surface area contributed by atoms with Crippen molar-refractivity contribution in [1.29, 1.82) is 5.26 Å². The van der Waals surface area contributed by atoms with Gasteiger partial charge in [-0.1, -0.05) is 6.92 Å². The molecule has 0 radical (unpaired) electrons. The first-order valence-corrected chi connectivity index (χ1v) is 7.73. The molecule has 0 aliphatic carbocycles. The van der Waals surface area contributed by atoms with Crippen molar-refractivity contribution in [3.63, 3.8) is 0 Å². The summed E-state index contributed by atoms with van der Waals surface area (Å²) in [6.45, 7) is 3.54. The van der Waals surface area contributed by atoms with Crippen LogP contribution in [0.2, 0.25) is 0 Å². The Morgan fingerprint density at radius 3 is 2.37 bits per heavy atom. The van der Waals surface area contributed by atoms with Crippen LogP contribution in [0.1, 0.15) is 13.3 Å². The lowest BCUT2D eigenvalue weighted by Gasteiger charge is -2.35. The number of nitrogens with zero attached hydrogens (tertiary/aromatic N) is 3. The summed E-state index contributed by atoms with van der Waals surface area (Å²) in [6, 6.07) is 2.02. The third-order valence-corrected chi connectivity index (χ3v) is 4.92. The van der Waals surface area contributed by atoms with Crippen molar-refractivity contribution in [1.82, 2.24) is 9.21 Å². The molecule has 1 rings (SSSR count). The maximum atomic E-state index is 11.9. The van der Waals surface area contributed by atoms with E-state index in [1.54, 1.807) is 0 Å². The van der Waals surface area contributed by atoms with Crippen LogP contribution in [0, 0.1) is 11.3 Å². The Labute approximate surface area is 113 Å². The lowest BCUT2D eigenvalue weighted by Crippen LogP contribution is -2.52. The van der Waals surface area contributed by atoms with Crippen LogP contribution >= 0.6 is 0 Å². The van der Waals surface area contributed by atoms with E-state index in [4.69, 9.17) is 5.26 Å². The van der Waals surface area contributed by atoms with E-state index in [0.717, 1.165) is 7.11 Å². The number of hydrogen-bond donors (Lipinski definition) is 0. The molecule has 1 atom stereocenters. The molecule has 1 fully saturated rings. The van der Waals surface area contributed by atoms with Crippen LogP contribution in [-0.2, 0) is 19.6 Å². The van der Waals surface area contributed by atoms with Crippen LogP contribution < -0.4 is 0 Å². The predicted molar refractivity (Wildman–Crippen MR) is 68.6 cm³/mol. The van der Waals surface area contributed by atoms with Crippen molar-refractivity contribution in [3.05, 3.63) is 0 Å². The van der Waals surface area contributed by atoms with E-state index in [0.29, 0.717) is 32.6 Å². The highest BCUT2D eigenvalue weighted by Gasteiger charge is 2.31. The number of sulfonamides is 1. The lowest BCUT2D eigenvalue weighted by atomic mass is 10.2. The van der Waals surface area contributed by atoms with Crippen molar-refractivity contribution in [2.24, 2.45) is 0 Å². The van der Waals surface area contributed by atoms with Gasteiger partial charge in [-0.25, -0.2) is 8.42 Å². The van der Waals surface area contributed by atoms with Gasteiger partial charge in [0.2, 0.25) is 10.0 Å². The molecule has 0 spiro atoms. The summed E-state index contributed by atoms with van der Waals surface area (Å²) in [7, 11) is -2.45. The molecule has 0 N–H and O–H groups in total. The van der Waals surface area contributed by atoms with E-state index in [1.165, 1.54) is 4.31 Å². The normalized spacial score (nSPS) is 19.6. The molecule has 1 saturated heterocycles. The molecular formula is C11H19N3O4S. The predicted octanol–water partition coefficient (Wildman–Crippen LogP) is -0.591. The van der Waals surface area contributed by atoms with Gasteiger partial charge < -0.3 is 4.74 Å². The minimum absolute atomic E-state index is 0.175. The standard InChI is InChI=1S/C11H19N3O4S/c1-3-10(8-12)13-4-6-14(7-5-13)19(16,17)9-11(15)18-2/h10H,3-7,9H2,1-2H3. The summed E-state index contributed by atoms with van der Waals surface area (Å²) in [5.74, 6) is -1.38. The van der Waals surface area contributed by atoms with Gasteiger partial charge in [0.15, 0.2) is 5.75 Å². The van der Waals surface area contributed by atoms with Gasteiger partial charge in [-0.2, -0.15) is 9.57 Å². The highest BCUT2D eigenvalue weighted by Crippen LogP contribution is 2.12. The molecule has 8 heteroatoms. The van der Waals surface area contributed by atoms with E-state index >= 15 is 0 Å². The smallest absolute Gasteiger partial charge is 0.322 e. The molecule has 0 aromatic rings. The molecule has 0 aromatic heterocycles. The number of carbonyl (C=O) groups is 1. The second-order valence-corrected chi connectivity index (χ2v) is 6.29. The first-order chi connectivity index (χ1) is 8.94. The van der Waals surface area contributed by atoms with Gasteiger partial charge in [0.05, 0.1) is 19.2 Å². The molecule has 1 aliphatic heterocycles. The maximum absolute atomic E-state index is 11.9. The summed E-state index contributed by atoms with van der Waals surface area (Å²) >= 11 is 0. The third kappa shape index (κ3) is 4.16. The quantitative estimate of drug-likeness (QED) is 0.628. The van der Waals surface area contributed by atoms with Gasteiger partial charge in [-0.05, 0) is 6.42 Å². The van der Waals surface area contributed by atoms with Crippen LogP contribution in [0.5, 0.6) is 0 Å².